The van der Waals surface area contributed by atoms with E-state index in [4.69, 9.17) is 15.7 Å². The molecule has 1 fully saturated rings. The Morgan fingerprint density at radius 3 is 2.58 bits per heavy atom. The first-order valence-electron chi connectivity index (χ1n) is 8.73. The molecule has 166 valence electrons. The summed E-state index contributed by atoms with van der Waals surface area (Å²) in [4.78, 5) is 2.63. The van der Waals surface area contributed by atoms with Gasteiger partial charge in [0.25, 0.3) is 0 Å². The number of nitrogens with zero attached hydrogens (tertiary/aromatic N) is 3. The highest BCUT2D eigenvalue weighted by Crippen LogP contribution is 2.32. The number of sulfonamides is 1. The van der Waals surface area contributed by atoms with E-state index in [1.54, 1.807) is 6.07 Å². The van der Waals surface area contributed by atoms with E-state index >= 15 is 0 Å². The second-order valence-electron chi connectivity index (χ2n) is 6.84. The third kappa shape index (κ3) is 4.47. The zero-order valence-corrected chi connectivity index (χ0v) is 16.5. The van der Waals surface area contributed by atoms with E-state index in [1.165, 1.54) is 6.07 Å². The summed E-state index contributed by atoms with van der Waals surface area (Å²) in [6.45, 7) is -1.32. The average molecular weight is 460 g/mol. The van der Waals surface area contributed by atoms with Crippen LogP contribution in [0.3, 0.4) is 0 Å². The molecule has 2 aromatic rings. The number of β-amino-alcohol motifs (C(OH)–C–C–N with tert-alkyl or cyclic N) is 1. The SMILES string of the molecule is N#Cc1ccc(O[C@H]2CN(S(=O)(=O)c3ccc(C(F)(F)F)nc3)C[C@@]2(O)CN)cc1F. The molecule has 0 aliphatic carbocycles. The van der Waals surface area contributed by atoms with Crippen LogP contribution in [0.2, 0.25) is 0 Å². The van der Waals surface area contributed by atoms with Gasteiger partial charge in [0.05, 0.1) is 12.1 Å². The van der Waals surface area contributed by atoms with Gasteiger partial charge in [0.2, 0.25) is 10.0 Å². The maximum atomic E-state index is 13.8. The Kier molecular flexibility index (Phi) is 5.94. The molecule has 1 saturated heterocycles. The third-order valence-electron chi connectivity index (χ3n) is 4.78. The van der Waals surface area contributed by atoms with Crippen molar-refractivity contribution in [2.75, 3.05) is 19.6 Å². The molecule has 8 nitrogen and oxygen atoms in total. The van der Waals surface area contributed by atoms with Crippen molar-refractivity contribution in [2.45, 2.75) is 22.8 Å². The van der Waals surface area contributed by atoms with E-state index in [2.05, 4.69) is 4.98 Å². The number of rotatable bonds is 5. The fourth-order valence-electron chi connectivity index (χ4n) is 3.03. The molecule has 31 heavy (non-hydrogen) atoms. The Balaban J connectivity index is 1.85. The number of alkyl halides is 3. The molecule has 3 N–H and O–H groups in total. The maximum absolute atomic E-state index is 13.8. The molecule has 0 saturated carbocycles. The van der Waals surface area contributed by atoms with Crippen LogP contribution in [0.1, 0.15) is 11.3 Å². The Morgan fingerprint density at radius 2 is 2.06 bits per heavy atom. The number of nitrogens with two attached hydrogens (primary N) is 1. The highest BCUT2D eigenvalue weighted by molar-refractivity contribution is 7.89. The van der Waals surface area contributed by atoms with Crippen molar-refractivity contribution in [1.82, 2.24) is 9.29 Å². The molecule has 1 aromatic carbocycles. The molecule has 2 atom stereocenters. The lowest BCUT2D eigenvalue weighted by Gasteiger charge is -2.27. The van der Waals surface area contributed by atoms with Crippen LogP contribution in [0.5, 0.6) is 5.75 Å². The monoisotopic (exact) mass is 460 g/mol. The van der Waals surface area contributed by atoms with Crippen LogP contribution >= 0.6 is 0 Å². The van der Waals surface area contributed by atoms with E-state index in [0.717, 1.165) is 22.5 Å². The van der Waals surface area contributed by atoms with Gasteiger partial charge >= 0.3 is 6.18 Å². The molecule has 0 radical (unpaired) electrons. The van der Waals surface area contributed by atoms with Gasteiger partial charge in [-0.2, -0.15) is 22.7 Å². The maximum Gasteiger partial charge on any atom is 0.433 e. The minimum atomic E-state index is -4.73. The molecule has 1 aliphatic rings. The van der Waals surface area contributed by atoms with E-state index in [1.807, 2.05) is 0 Å². The van der Waals surface area contributed by atoms with Crippen LogP contribution < -0.4 is 10.5 Å². The lowest BCUT2D eigenvalue weighted by Crippen LogP contribution is -2.50. The molecule has 2 heterocycles. The second kappa shape index (κ2) is 8.04. The molecular formula is C18H16F4N4O4S. The molecule has 1 aliphatic heterocycles. The van der Waals surface area contributed by atoms with Crippen molar-refractivity contribution in [1.29, 1.82) is 5.26 Å². The summed E-state index contributed by atoms with van der Waals surface area (Å²) in [5, 5.41) is 19.5. The number of aromatic nitrogens is 1. The van der Waals surface area contributed by atoms with Crippen molar-refractivity contribution in [3.8, 4) is 11.8 Å². The number of pyridine rings is 1. The van der Waals surface area contributed by atoms with Gasteiger partial charge in [0.15, 0.2) is 0 Å². The van der Waals surface area contributed by atoms with Crippen molar-refractivity contribution >= 4 is 10.0 Å². The Bertz CT molecular complexity index is 1120. The zero-order valence-electron chi connectivity index (χ0n) is 15.7. The van der Waals surface area contributed by atoms with Crippen molar-refractivity contribution in [2.24, 2.45) is 5.73 Å². The lowest BCUT2D eigenvalue weighted by molar-refractivity contribution is -0.141. The van der Waals surface area contributed by atoms with Gasteiger partial charge < -0.3 is 15.6 Å². The summed E-state index contributed by atoms with van der Waals surface area (Å²) in [5.74, 6) is -0.932. The highest BCUT2D eigenvalue weighted by Gasteiger charge is 2.50. The lowest BCUT2D eigenvalue weighted by atomic mass is 10.0. The second-order valence-corrected chi connectivity index (χ2v) is 8.78. The van der Waals surface area contributed by atoms with E-state index < -0.39 is 63.9 Å². The van der Waals surface area contributed by atoms with Crippen molar-refractivity contribution in [3.05, 3.63) is 53.6 Å². The predicted octanol–water partition coefficient (Wildman–Crippen LogP) is 1.25. The summed E-state index contributed by atoms with van der Waals surface area (Å²) in [5.41, 5.74) is 2.26. The standard InChI is InChI=1S/C18H16F4N4O4S/c19-14-5-12(2-1-11(14)6-23)30-16-8-26(10-17(16,27)9-24)31(28,29)13-3-4-15(25-7-13)18(20,21)22/h1-5,7,16,27H,8-10,24H2/t16-,17-/m0/s1. The number of hydrogen-bond donors (Lipinski definition) is 2. The van der Waals surface area contributed by atoms with Gasteiger partial charge in [0, 0.05) is 25.4 Å². The predicted molar refractivity (Wildman–Crippen MR) is 97.5 cm³/mol. The summed E-state index contributed by atoms with van der Waals surface area (Å²) in [6.07, 6.45) is -5.36. The van der Waals surface area contributed by atoms with Crippen molar-refractivity contribution < 1.29 is 35.8 Å². The highest BCUT2D eigenvalue weighted by atomic mass is 32.2. The Hall–Kier alpha value is -2.79. The molecule has 13 heteroatoms. The zero-order chi connectivity index (χ0) is 23.0. The van der Waals surface area contributed by atoms with Crippen LogP contribution in [0.4, 0.5) is 17.6 Å². The fraction of sp³-hybridized carbons (Fsp3) is 0.333. The van der Waals surface area contributed by atoms with E-state index in [9.17, 15) is 31.1 Å². The quantitative estimate of drug-likeness (QED) is 0.643. The van der Waals surface area contributed by atoms with Gasteiger partial charge in [-0.1, -0.05) is 0 Å². The van der Waals surface area contributed by atoms with Crippen LogP contribution in [0, 0.1) is 17.1 Å². The largest absolute Gasteiger partial charge is 0.486 e. The normalized spacial score (nSPS) is 22.3. The molecule has 0 bridgehead atoms. The van der Waals surface area contributed by atoms with Crippen LogP contribution in [-0.4, -0.2) is 54.2 Å². The molecule has 1 aromatic heterocycles. The number of aliphatic hydroxyl groups is 1. The molecule has 0 amide bonds. The molecular weight excluding hydrogens is 444 g/mol. The van der Waals surface area contributed by atoms with Gasteiger partial charge in [-0.3, -0.25) is 4.98 Å². The Morgan fingerprint density at radius 1 is 1.35 bits per heavy atom. The summed E-state index contributed by atoms with van der Waals surface area (Å²) in [6, 6.07) is 6.27. The fourth-order valence-corrected chi connectivity index (χ4v) is 4.48. The van der Waals surface area contributed by atoms with Crippen LogP contribution in [-0.2, 0) is 16.2 Å². The number of halogens is 4. The smallest absolute Gasteiger partial charge is 0.433 e. The van der Waals surface area contributed by atoms with Crippen LogP contribution in [0.25, 0.3) is 0 Å². The van der Waals surface area contributed by atoms with Crippen LogP contribution in [0.15, 0.2) is 41.4 Å². The molecule has 0 spiro atoms. The molecule has 0 unspecified atom stereocenters. The topological polar surface area (TPSA) is 130 Å². The summed E-state index contributed by atoms with van der Waals surface area (Å²) >= 11 is 0. The number of hydrogen-bond acceptors (Lipinski definition) is 7. The van der Waals surface area contributed by atoms with Gasteiger partial charge in [-0.25, -0.2) is 12.8 Å². The van der Waals surface area contributed by atoms with E-state index in [-0.39, 0.29) is 11.3 Å². The first-order chi connectivity index (χ1) is 14.4. The van der Waals surface area contributed by atoms with Gasteiger partial charge in [0.1, 0.15) is 39.9 Å². The summed E-state index contributed by atoms with van der Waals surface area (Å²) in [7, 11) is -4.34. The minimum Gasteiger partial charge on any atom is -0.486 e. The third-order valence-corrected chi connectivity index (χ3v) is 6.57. The van der Waals surface area contributed by atoms with E-state index in [0.29, 0.717) is 12.3 Å². The number of ether oxygens (including phenoxy) is 1. The van der Waals surface area contributed by atoms with Gasteiger partial charge in [-0.15, -0.1) is 0 Å². The van der Waals surface area contributed by atoms with Gasteiger partial charge in [-0.05, 0) is 24.3 Å². The van der Waals surface area contributed by atoms with Crippen molar-refractivity contribution in [3.63, 3.8) is 0 Å². The number of benzene rings is 1. The Labute approximate surface area is 174 Å². The number of nitriles is 1. The first kappa shape index (κ1) is 22.9. The average Bonchev–Trinajstić information content (AvgIpc) is 3.05. The molecule has 3 rings (SSSR count). The summed E-state index contributed by atoms with van der Waals surface area (Å²) < 4.78 is 83.8. The first-order valence-corrected chi connectivity index (χ1v) is 10.2. The minimum absolute atomic E-state index is 0.0659.